The summed E-state index contributed by atoms with van der Waals surface area (Å²) in [5.74, 6) is -0.502. The Kier molecular flexibility index (Phi) is 8.53. The minimum atomic E-state index is -4.45. The number of nitrogens with zero attached hydrogens (tertiary/aromatic N) is 2. The zero-order valence-corrected chi connectivity index (χ0v) is 28.2. The van der Waals surface area contributed by atoms with Gasteiger partial charge in [-0.2, -0.15) is 13.2 Å². The third-order valence-corrected chi connectivity index (χ3v) is 11.1. The summed E-state index contributed by atoms with van der Waals surface area (Å²) < 4.78 is 58.3. The number of piperidine rings is 1. The van der Waals surface area contributed by atoms with Crippen LogP contribution in [0.5, 0.6) is 11.5 Å². The van der Waals surface area contributed by atoms with Crippen LogP contribution in [0.4, 0.5) is 13.2 Å². The molecule has 2 fully saturated rings. The number of likely N-dealkylation sites (tertiary alicyclic amines) is 1. The molecule has 2 bridgehead atoms. The highest BCUT2D eigenvalue weighted by Gasteiger charge is 2.75. The van der Waals surface area contributed by atoms with Crippen molar-refractivity contribution in [3.8, 4) is 11.5 Å². The molecule has 1 amide bonds. The fraction of sp³-hybridized carbons (Fsp3) is 0.410. The van der Waals surface area contributed by atoms with E-state index in [-0.39, 0.29) is 17.7 Å². The van der Waals surface area contributed by atoms with Gasteiger partial charge < -0.3 is 19.1 Å². The SMILES string of the molecule is CC(=O)Oc1ccc2c3c1OC1C(N(C)C(=O)/C=C/c4ccc(C(F)(F)F)cc4)CC[C@@]4(OC(C)=O)[C@@H](C2)N(CCc2ccccc2)CC[C@]314. The minimum absolute atomic E-state index is 0.158. The number of carbonyl (C=O) groups is 3. The smallest absolute Gasteiger partial charge is 0.416 e. The molecule has 0 N–H and O–H groups in total. The summed E-state index contributed by atoms with van der Waals surface area (Å²) in [7, 11) is 1.69. The molecule has 3 aromatic carbocycles. The number of esters is 2. The van der Waals surface area contributed by atoms with Crippen molar-refractivity contribution in [1.29, 1.82) is 0 Å². The van der Waals surface area contributed by atoms with Crippen LogP contribution in [0.15, 0.2) is 72.8 Å². The van der Waals surface area contributed by atoms with Crippen LogP contribution in [0.25, 0.3) is 6.08 Å². The second kappa shape index (κ2) is 12.6. The zero-order valence-electron chi connectivity index (χ0n) is 28.2. The normalized spacial score (nSPS) is 26.6. The number of halogens is 3. The van der Waals surface area contributed by atoms with Gasteiger partial charge >= 0.3 is 18.1 Å². The van der Waals surface area contributed by atoms with E-state index in [1.807, 2.05) is 24.3 Å². The quantitative estimate of drug-likeness (QED) is 0.160. The maximum Gasteiger partial charge on any atom is 0.416 e. The van der Waals surface area contributed by atoms with E-state index in [4.69, 9.17) is 14.2 Å². The Balaban J connectivity index is 1.26. The molecule has 1 saturated carbocycles. The van der Waals surface area contributed by atoms with Gasteiger partial charge in [-0.25, -0.2) is 0 Å². The second-order valence-corrected chi connectivity index (χ2v) is 13.8. The van der Waals surface area contributed by atoms with Crippen molar-refractivity contribution in [1.82, 2.24) is 9.80 Å². The molecule has 2 unspecified atom stereocenters. The number of benzene rings is 3. The molecular formula is C39H39F3N2O6. The first-order valence-corrected chi connectivity index (χ1v) is 17.0. The third kappa shape index (κ3) is 5.55. The Bertz CT molecular complexity index is 1840. The monoisotopic (exact) mass is 688 g/mol. The van der Waals surface area contributed by atoms with Crippen LogP contribution in [0, 0.1) is 0 Å². The highest BCUT2D eigenvalue weighted by atomic mass is 19.4. The molecule has 2 aliphatic carbocycles. The van der Waals surface area contributed by atoms with Gasteiger partial charge in [0.15, 0.2) is 11.5 Å². The maximum absolute atomic E-state index is 13.7. The standard InChI is InChI=1S/C39H39F3N2O6/c1-24(45)48-31-15-12-28-23-32-38(50-25(2)46)19-17-30(43(3)33(47)16-11-27-9-13-29(14-10-27)39(40,41)42)36-37(38,34(28)35(31)49-36)20-22-44(32)21-18-26-7-5-4-6-8-26/h4-16,30,32,36H,17-23H2,1-3H3/b16-11+/t30?,32-,36?,37+,38-/m1/s1. The molecule has 4 aliphatic rings. The molecule has 3 aromatic rings. The lowest BCUT2D eigenvalue weighted by Crippen LogP contribution is -2.79. The Hall–Kier alpha value is -4.64. The van der Waals surface area contributed by atoms with Crippen molar-refractivity contribution in [2.75, 3.05) is 20.1 Å². The van der Waals surface area contributed by atoms with Gasteiger partial charge in [0.25, 0.3) is 0 Å². The molecule has 5 atom stereocenters. The van der Waals surface area contributed by atoms with Gasteiger partial charge in [0, 0.05) is 39.1 Å². The van der Waals surface area contributed by atoms with Gasteiger partial charge in [0.1, 0.15) is 11.7 Å². The van der Waals surface area contributed by atoms with Crippen LogP contribution >= 0.6 is 0 Å². The average molecular weight is 689 g/mol. The molecular weight excluding hydrogens is 649 g/mol. The van der Waals surface area contributed by atoms with Crippen molar-refractivity contribution in [2.45, 2.75) is 81.3 Å². The first-order chi connectivity index (χ1) is 23.8. The molecule has 1 spiro atoms. The largest absolute Gasteiger partial charge is 0.483 e. The lowest BCUT2D eigenvalue weighted by atomic mass is 9.48. The van der Waals surface area contributed by atoms with E-state index in [2.05, 4.69) is 17.0 Å². The predicted molar refractivity (Wildman–Crippen MR) is 178 cm³/mol. The van der Waals surface area contributed by atoms with Crippen molar-refractivity contribution in [3.63, 3.8) is 0 Å². The van der Waals surface area contributed by atoms with Crippen molar-refractivity contribution < 1.29 is 41.8 Å². The van der Waals surface area contributed by atoms with Crippen LogP contribution in [0.2, 0.25) is 0 Å². The highest BCUT2D eigenvalue weighted by molar-refractivity contribution is 5.92. The van der Waals surface area contributed by atoms with E-state index in [9.17, 15) is 27.6 Å². The molecule has 0 radical (unpaired) electrons. The summed E-state index contributed by atoms with van der Waals surface area (Å²) in [5.41, 5.74) is 1.02. The van der Waals surface area contributed by atoms with E-state index in [0.717, 1.165) is 36.2 Å². The number of amides is 1. The van der Waals surface area contributed by atoms with Crippen LogP contribution in [0.3, 0.4) is 0 Å². The number of ether oxygens (including phenoxy) is 3. The number of alkyl halides is 3. The van der Waals surface area contributed by atoms with Gasteiger partial charge in [-0.3, -0.25) is 19.3 Å². The molecule has 11 heteroatoms. The van der Waals surface area contributed by atoms with Crippen LogP contribution in [-0.4, -0.2) is 71.6 Å². The van der Waals surface area contributed by atoms with E-state index in [1.54, 1.807) is 18.0 Å². The fourth-order valence-corrected chi connectivity index (χ4v) is 9.08. The number of hydrogen-bond acceptors (Lipinski definition) is 7. The lowest BCUT2D eigenvalue weighted by Gasteiger charge is -2.65. The van der Waals surface area contributed by atoms with E-state index < -0.39 is 46.8 Å². The maximum atomic E-state index is 13.7. The number of hydrogen-bond donors (Lipinski definition) is 0. The summed E-state index contributed by atoms with van der Waals surface area (Å²) in [6, 6.07) is 18.0. The van der Waals surface area contributed by atoms with Gasteiger partial charge in [-0.15, -0.1) is 0 Å². The summed E-state index contributed by atoms with van der Waals surface area (Å²) in [6.07, 6.45) is 0.713. The molecule has 7 rings (SSSR count). The molecule has 50 heavy (non-hydrogen) atoms. The Morgan fingerprint density at radius 2 is 1.74 bits per heavy atom. The number of likely N-dealkylation sites (N-methyl/N-ethyl adjacent to an activating group) is 1. The van der Waals surface area contributed by atoms with Crippen LogP contribution in [0.1, 0.15) is 60.9 Å². The van der Waals surface area contributed by atoms with E-state index in [1.165, 1.54) is 43.7 Å². The van der Waals surface area contributed by atoms with Crippen molar-refractivity contribution >= 4 is 23.9 Å². The van der Waals surface area contributed by atoms with E-state index in [0.29, 0.717) is 43.5 Å². The summed E-state index contributed by atoms with van der Waals surface area (Å²) in [5, 5.41) is 0. The van der Waals surface area contributed by atoms with Gasteiger partial charge in [0.2, 0.25) is 5.91 Å². The first-order valence-electron chi connectivity index (χ1n) is 17.0. The van der Waals surface area contributed by atoms with Crippen LogP contribution in [-0.2, 0) is 43.6 Å². The van der Waals surface area contributed by atoms with Gasteiger partial charge in [-0.05, 0) is 79.6 Å². The van der Waals surface area contributed by atoms with Crippen molar-refractivity contribution in [2.24, 2.45) is 0 Å². The van der Waals surface area contributed by atoms with E-state index >= 15 is 0 Å². The Morgan fingerprint density at radius 3 is 2.42 bits per heavy atom. The average Bonchev–Trinajstić information content (AvgIpc) is 3.43. The Labute approximate surface area is 288 Å². The summed E-state index contributed by atoms with van der Waals surface area (Å²) >= 11 is 0. The minimum Gasteiger partial charge on any atom is -0.483 e. The van der Waals surface area contributed by atoms with Crippen LogP contribution < -0.4 is 9.47 Å². The number of carbonyl (C=O) groups excluding carboxylic acids is 3. The van der Waals surface area contributed by atoms with Gasteiger partial charge in [0.05, 0.1) is 23.1 Å². The third-order valence-electron chi connectivity index (χ3n) is 11.1. The molecule has 262 valence electrons. The lowest BCUT2D eigenvalue weighted by molar-refractivity contribution is -0.223. The molecule has 2 heterocycles. The van der Waals surface area contributed by atoms with Crippen molar-refractivity contribution in [3.05, 3.63) is 101 Å². The van der Waals surface area contributed by atoms with Gasteiger partial charge in [-0.1, -0.05) is 48.5 Å². The molecule has 8 nitrogen and oxygen atoms in total. The molecule has 2 aliphatic heterocycles. The molecule has 1 saturated heterocycles. The second-order valence-electron chi connectivity index (χ2n) is 13.8. The number of rotatable bonds is 8. The summed E-state index contributed by atoms with van der Waals surface area (Å²) in [4.78, 5) is 43.0. The zero-order chi connectivity index (χ0) is 35.4. The fourth-order valence-electron chi connectivity index (χ4n) is 9.08. The highest BCUT2D eigenvalue weighted by Crippen LogP contribution is 2.67. The topological polar surface area (TPSA) is 85.4 Å². The first kappa shape index (κ1) is 33.8. The Morgan fingerprint density at radius 1 is 1.00 bits per heavy atom. The molecule has 0 aromatic heterocycles. The predicted octanol–water partition coefficient (Wildman–Crippen LogP) is 6.14. The summed E-state index contributed by atoms with van der Waals surface area (Å²) in [6.45, 7) is 4.23.